The molecule has 0 spiro atoms. The Hall–Kier alpha value is -2.87. The van der Waals surface area contributed by atoms with E-state index in [0.717, 1.165) is 12.1 Å². The van der Waals surface area contributed by atoms with Gasteiger partial charge in [-0.05, 0) is 30.3 Å². The molecule has 1 saturated heterocycles. The van der Waals surface area contributed by atoms with Crippen LogP contribution < -0.4 is 5.32 Å². The fraction of sp³-hybridized carbons (Fsp3) is 0.263. The van der Waals surface area contributed by atoms with E-state index in [0.29, 0.717) is 19.3 Å². The van der Waals surface area contributed by atoms with Gasteiger partial charge in [-0.25, -0.2) is 17.2 Å². The molecule has 29 heavy (non-hydrogen) atoms. The van der Waals surface area contributed by atoms with Gasteiger partial charge in [0.2, 0.25) is 10.0 Å². The number of halogens is 2. The van der Waals surface area contributed by atoms with Gasteiger partial charge in [0.15, 0.2) is 0 Å². The molecule has 0 aromatic heterocycles. The van der Waals surface area contributed by atoms with Crippen molar-refractivity contribution >= 4 is 15.9 Å². The molecule has 0 bridgehead atoms. The van der Waals surface area contributed by atoms with Crippen LogP contribution in [0.3, 0.4) is 0 Å². The number of hydrogen-bond acceptors (Lipinski definition) is 5. The number of benzene rings is 2. The number of nitrogens with one attached hydrogen (secondary N) is 1. The zero-order valence-corrected chi connectivity index (χ0v) is 16.0. The number of carbonyl (C=O) groups is 1. The van der Waals surface area contributed by atoms with E-state index in [4.69, 9.17) is 4.74 Å². The highest BCUT2D eigenvalue weighted by Gasteiger charge is 2.26. The number of sulfonamides is 1. The molecule has 1 atom stereocenters. The van der Waals surface area contributed by atoms with Crippen LogP contribution in [0.4, 0.5) is 8.78 Å². The van der Waals surface area contributed by atoms with Gasteiger partial charge in [0.1, 0.15) is 17.7 Å². The highest BCUT2D eigenvalue weighted by Crippen LogP contribution is 2.20. The van der Waals surface area contributed by atoms with Crippen molar-refractivity contribution in [1.82, 2.24) is 9.62 Å². The average molecular weight is 421 g/mol. The lowest BCUT2D eigenvalue weighted by Crippen LogP contribution is -2.40. The summed E-state index contributed by atoms with van der Waals surface area (Å²) in [7, 11) is -3.70. The lowest BCUT2D eigenvalue weighted by molar-refractivity contribution is 0.0730. The number of amides is 1. The molecule has 1 N–H and O–H groups in total. The smallest absolute Gasteiger partial charge is 0.252 e. The van der Waals surface area contributed by atoms with Crippen molar-refractivity contribution in [3.8, 4) is 6.07 Å². The molecule has 1 amide bonds. The monoisotopic (exact) mass is 421 g/mol. The van der Waals surface area contributed by atoms with Crippen molar-refractivity contribution in [3.05, 3.63) is 65.2 Å². The zero-order chi connectivity index (χ0) is 21.0. The average Bonchev–Trinajstić information content (AvgIpc) is 2.73. The molecule has 2 aromatic rings. The molecule has 0 aliphatic carbocycles. The fourth-order valence-corrected chi connectivity index (χ4v) is 4.25. The van der Waals surface area contributed by atoms with Crippen molar-refractivity contribution in [2.45, 2.75) is 10.9 Å². The molecular formula is C19H17F2N3O4S. The van der Waals surface area contributed by atoms with Gasteiger partial charge in [-0.3, -0.25) is 4.79 Å². The van der Waals surface area contributed by atoms with E-state index in [1.165, 1.54) is 28.6 Å². The first-order valence-corrected chi connectivity index (χ1v) is 10.1. The van der Waals surface area contributed by atoms with E-state index < -0.39 is 33.6 Å². The van der Waals surface area contributed by atoms with Crippen LogP contribution in [-0.2, 0) is 14.8 Å². The van der Waals surface area contributed by atoms with Gasteiger partial charge in [-0.1, -0.05) is 6.07 Å². The van der Waals surface area contributed by atoms with Crippen LogP contribution in [0.1, 0.15) is 22.0 Å². The summed E-state index contributed by atoms with van der Waals surface area (Å²) < 4.78 is 58.6. The Balaban J connectivity index is 1.75. The minimum Gasteiger partial charge on any atom is -0.379 e. The van der Waals surface area contributed by atoms with Crippen LogP contribution in [0.25, 0.3) is 0 Å². The largest absolute Gasteiger partial charge is 0.379 e. The van der Waals surface area contributed by atoms with E-state index in [1.54, 1.807) is 6.07 Å². The van der Waals surface area contributed by atoms with Crippen LogP contribution >= 0.6 is 0 Å². The lowest BCUT2D eigenvalue weighted by Gasteiger charge is -2.26. The first-order chi connectivity index (χ1) is 13.8. The molecule has 1 fully saturated rings. The number of morpholine rings is 1. The van der Waals surface area contributed by atoms with E-state index >= 15 is 0 Å². The second-order valence-electron chi connectivity index (χ2n) is 6.24. The topological polar surface area (TPSA) is 99.5 Å². The number of carbonyl (C=O) groups excluding carboxylic acids is 1. The van der Waals surface area contributed by atoms with Crippen molar-refractivity contribution in [2.24, 2.45) is 0 Å². The molecule has 1 unspecified atom stereocenters. The third-order valence-corrected chi connectivity index (χ3v) is 6.32. The van der Waals surface area contributed by atoms with Crippen molar-refractivity contribution in [1.29, 1.82) is 5.26 Å². The molecule has 1 aliphatic rings. The molecule has 1 heterocycles. The predicted molar refractivity (Wildman–Crippen MR) is 98.2 cm³/mol. The maximum atomic E-state index is 13.9. The molecular weight excluding hydrogens is 404 g/mol. The summed E-state index contributed by atoms with van der Waals surface area (Å²) in [6, 6.07) is 8.29. The molecule has 0 saturated carbocycles. The number of rotatable bonds is 5. The van der Waals surface area contributed by atoms with Gasteiger partial charge in [-0.15, -0.1) is 0 Å². The Morgan fingerprint density at radius 3 is 2.38 bits per heavy atom. The second kappa shape index (κ2) is 8.65. The van der Waals surface area contributed by atoms with Gasteiger partial charge < -0.3 is 10.1 Å². The Labute approximate surface area is 166 Å². The number of nitriles is 1. The standard InChI is InChI=1S/C19H17F2N3O4S/c20-14-3-6-16(17(21)11-14)18(12-22)23-19(25)13-1-4-15(5-2-13)29(26,27)24-7-9-28-10-8-24/h1-6,11,18H,7-10H2,(H,23,25). The maximum absolute atomic E-state index is 13.9. The van der Waals surface area contributed by atoms with Crippen LogP contribution in [0.2, 0.25) is 0 Å². The van der Waals surface area contributed by atoms with E-state index in [1.807, 2.05) is 0 Å². The summed E-state index contributed by atoms with van der Waals surface area (Å²) in [6.07, 6.45) is 0. The molecule has 7 nitrogen and oxygen atoms in total. The molecule has 10 heteroatoms. The lowest BCUT2D eigenvalue weighted by atomic mass is 10.1. The minimum absolute atomic E-state index is 0.0253. The van der Waals surface area contributed by atoms with Crippen molar-refractivity contribution < 1.29 is 26.7 Å². The summed E-state index contributed by atoms with van der Waals surface area (Å²) in [5.74, 6) is -2.45. The fourth-order valence-electron chi connectivity index (χ4n) is 2.84. The van der Waals surface area contributed by atoms with Gasteiger partial charge in [-0.2, -0.15) is 9.57 Å². The van der Waals surface area contributed by atoms with Gasteiger partial charge in [0.25, 0.3) is 5.91 Å². The quantitative estimate of drug-likeness (QED) is 0.796. The maximum Gasteiger partial charge on any atom is 0.252 e. The number of nitrogens with zero attached hydrogens (tertiary/aromatic N) is 2. The Bertz CT molecular complexity index is 1050. The zero-order valence-electron chi connectivity index (χ0n) is 15.1. The van der Waals surface area contributed by atoms with Gasteiger partial charge in [0, 0.05) is 30.3 Å². The second-order valence-corrected chi connectivity index (χ2v) is 8.18. The molecule has 1 aliphatic heterocycles. The predicted octanol–water partition coefficient (Wildman–Crippen LogP) is 1.98. The van der Waals surface area contributed by atoms with Gasteiger partial charge >= 0.3 is 0 Å². The summed E-state index contributed by atoms with van der Waals surface area (Å²) in [5.41, 5.74) is -0.0811. The SMILES string of the molecule is N#CC(NC(=O)c1ccc(S(=O)(=O)N2CCOCC2)cc1)c1ccc(F)cc1F. The third-order valence-electron chi connectivity index (χ3n) is 4.40. The minimum atomic E-state index is -3.70. The Morgan fingerprint density at radius 2 is 1.79 bits per heavy atom. The highest BCUT2D eigenvalue weighted by molar-refractivity contribution is 7.89. The van der Waals surface area contributed by atoms with Crippen LogP contribution in [0, 0.1) is 23.0 Å². The molecule has 3 rings (SSSR count). The summed E-state index contributed by atoms with van der Waals surface area (Å²) >= 11 is 0. The van der Waals surface area contributed by atoms with Gasteiger partial charge in [0.05, 0.1) is 24.2 Å². The van der Waals surface area contributed by atoms with E-state index in [9.17, 15) is 27.3 Å². The van der Waals surface area contributed by atoms with Crippen LogP contribution in [0.15, 0.2) is 47.4 Å². The van der Waals surface area contributed by atoms with Crippen molar-refractivity contribution in [2.75, 3.05) is 26.3 Å². The first-order valence-electron chi connectivity index (χ1n) is 8.66. The molecule has 152 valence electrons. The molecule has 0 radical (unpaired) electrons. The number of hydrogen-bond donors (Lipinski definition) is 1. The number of ether oxygens (including phenoxy) is 1. The van der Waals surface area contributed by atoms with Crippen LogP contribution in [-0.4, -0.2) is 44.9 Å². The van der Waals surface area contributed by atoms with E-state index in [2.05, 4.69) is 5.32 Å². The van der Waals surface area contributed by atoms with E-state index in [-0.39, 0.29) is 29.1 Å². The Kier molecular flexibility index (Phi) is 6.22. The van der Waals surface area contributed by atoms with Crippen LogP contribution in [0.5, 0.6) is 0 Å². The summed E-state index contributed by atoms with van der Waals surface area (Å²) in [4.78, 5) is 12.4. The summed E-state index contributed by atoms with van der Waals surface area (Å²) in [6.45, 7) is 1.12. The highest BCUT2D eigenvalue weighted by atomic mass is 32.2. The third kappa shape index (κ3) is 4.59. The van der Waals surface area contributed by atoms with Crippen molar-refractivity contribution in [3.63, 3.8) is 0 Å². The normalized spacial score (nSPS) is 16.0. The first kappa shape index (κ1) is 20.9. The Morgan fingerprint density at radius 1 is 1.14 bits per heavy atom. The summed E-state index contributed by atoms with van der Waals surface area (Å²) in [5, 5.41) is 11.6. The molecule has 2 aromatic carbocycles.